The molecule has 0 radical (unpaired) electrons. The van der Waals surface area contributed by atoms with Crippen LogP contribution in [-0.4, -0.2) is 44.6 Å². The van der Waals surface area contributed by atoms with Crippen LogP contribution < -0.4 is 15.5 Å². The number of piperidine rings is 1. The van der Waals surface area contributed by atoms with Crippen LogP contribution in [0.4, 0.5) is 17.2 Å². The summed E-state index contributed by atoms with van der Waals surface area (Å²) in [6, 6.07) is 13.7. The summed E-state index contributed by atoms with van der Waals surface area (Å²) in [6.45, 7) is 3.65. The Morgan fingerprint density at radius 1 is 1.06 bits per heavy atom. The van der Waals surface area contributed by atoms with Crippen LogP contribution in [0.15, 0.2) is 61.1 Å². The fraction of sp³-hybridized carbons (Fsp3) is 0.269. The fourth-order valence-corrected chi connectivity index (χ4v) is 5.02. The number of nitrogens with one attached hydrogen (secondary N) is 2. The van der Waals surface area contributed by atoms with Crippen LogP contribution in [0.2, 0.25) is 0 Å². The molecule has 1 amide bonds. The van der Waals surface area contributed by atoms with Gasteiger partial charge < -0.3 is 20.6 Å². The lowest BCUT2D eigenvalue weighted by molar-refractivity contribution is 0.0959. The molecule has 34 heavy (non-hydrogen) atoms. The number of pyridine rings is 2. The molecule has 8 heteroatoms. The summed E-state index contributed by atoms with van der Waals surface area (Å²) >= 11 is 0. The zero-order chi connectivity index (χ0) is 23.2. The number of anilines is 3. The van der Waals surface area contributed by atoms with Crippen LogP contribution in [0.25, 0.3) is 16.9 Å². The third-order valence-corrected chi connectivity index (χ3v) is 6.79. The number of benzene rings is 1. The van der Waals surface area contributed by atoms with Gasteiger partial charge in [-0.15, -0.1) is 0 Å². The van der Waals surface area contributed by atoms with E-state index in [0.29, 0.717) is 11.4 Å². The predicted molar refractivity (Wildman–Crippen MR) is 131 cm³/mol. The van der Waals surface area contributed by atoms with Gasteiger partial charge in [-0.1, -0.05) is 12.1 Å². The second-order valence-electron chi connectivity index (χ2n) is 8.96. The number of aliphatic hydroxyl groups excluding tert-OH is 1. The summed E-state index contributed by atoms with van der Waals surface area (Å²) in [5.74, 6) is 0.585. The number of rotatable bonds is 4. The SMILES string of the molecule is C[C@@H]1NC(=O)c2c(Nc3ccc(N4CCC(O)CC4)cn3)ccc(-c3cnc4ccccn34)c21. The second-order valence-corrected chi connectivity index (χ2v) is 8.96. The Balaban J connectivity index is 1.33. The smallest absolute Gasteiger partial charge is 0.254 e. The molecule has 4 aromatic rings. The van der Waals surface area contributed by atoms with Crippen molar-refractivity contribution >= 4 is 28.7 Å². The number of nitrogens with zero attached hydrogens (tertiary/aromatic N) is 4. The van der Waals surface area contributed by atoms with Crippen LogP contribution in [0.1, 0.15) is 41.7 Å². The summed E-state index contributed by atoms with van der Waals surface area (Å²) in [5.41, 5.74) is 6.19. The quantitative estimate of drug-likeness (QED) is 0.433. The van der Waals surface area contributed by atoms with Crippen molar-refractivity contribution in [1.82, 2.24) is 19.7 Å². The van der Waals surface area contributed by atoms with Gasteiger partial charge in [0.25, 0.3) is 5.91 Å². The highest BCUT2D eigenvalue weighted by Gasteiger charge is 2.32. The number of aromatic nitrogens is 3. The van der Waals surface area contributed by atoms with E-state index in [2.05, 4.69) is 25.5 Å². The van der Waals surface area contributed by atoms with Gasteiger partial charge in [0, 0.05) is 24.8 Å². The van der Waals surface area contributed by atoms with Crippen molar-refractivity contribution < 1.29 is 9.90 Å². The molecule has 5 heterocycles. The van der Waals surface area contributed by atoms with Gasteiger partial charge in [0.1, 0.15) is 11.5 Å². The zero-order valence-corrected chi connectivity index (χ0v) is 18.9. The average molecular weight is 455 g/mol. The summed E-state index contributed by atoms with van der Waals surface area (Å²) in [6.07, 6.45) is 7.03. The molecule has 1 fully saturated rings. The molecule has 0 unspecified atom stereocenters. The highest BCUT2D eigenvalue weighted by Crippen LogP contribution is 2.39. The third kappa shape index (κ3) is 3.47. The minimum atomic E-state index is -0.204. The summed E-state index contributed by atoms with van der Waals surface area (Å²) in [4.78, 5) is 24.3. The van der Waals surface area contributed by atoms with Gasteiger partial charge in [-0.05, 0) is 55.7 Å². The molecule has 0 spiro atoms. The molecule has 3 N–H and O–H groups in total. The van der Waals surface area contributed by atoms with E-state index >= 15 is 0 Å². The highest BCUT2D eigenvalue weighted by atomic mass is 16.3. The van der Waals surface area contributed by atoms with Gasteiger partial charge >= 0.3 is 0 Å². The van der Waals surface area contributed by atoms with Gasteiger partial charge in [-0.3, -0.25) is 9.20 Å². The van der Waals surface area contributed by atoms with E-state index in [-0.39, 0.29) is 18.1 Å². The van der Waals surface area contributed by atoms with Crippen LogP contribution >= 0.6 is 0 Å². The van der Waals surface area contributed by atoms with Crippen molar-refractivity contribution in [2.45, 2.75) is 31.9 Å². The van der Waals surface area contributed by atoms with Gasteiger partial charge in [0.2, 0.25) is 0 Å². The van der Waals surface area contributed by atoms with E-state index in [4.69, 9.17) is 0 Å². The lowest BCUT2D eigenvalue weighted by Gasteiger charge is -2.31. The van der Waals surface area contributed by atoms with Crippen LogP contribution in [-0.2, 0) is 0 Å². The van der Waals surface area contributed by atoms with Crippen LogP contribution in [0.3, 0.4) is 0 Å². The minimum Gasteiger partial charge on any atom is -0.393 e. The van der Waals surface area contributed by atoms with Crippen molar-refractivity contribution in [3.8, 4) is 11.3 Å². The van der Waals surface area contributed by atoms with E-state index in [1.54, 1.807) is 0 Å². The molecule has 0 bridgehead atoms. The first-order chi connectivity index (χ1) is 16.6. The molecular weight excluding hydrogens is 428 g/mol. The van der Waals surface area contributed by atoms with E-state index in [1.165, 1.54) is 0 Å². The maximum atomic E-state index is 12.9. The van der Waals surface area contributed by atoms with Gasteiger partial charge in [0.05, 0.1) is 47.2 Å². The molecule has 2 aliphatic heterocycles. The second kappa shape index (κ2) is 8.14. The Hall–Kier alpha value is -3.91. The average Bonchev–Trinajstić information content (AvgIpc) is 3.41. The Kier molecular flexibility index (Phi) is 4.95. The maximum Gasteiger partial charge on any atom is 0.254 e. The zero-order valence-electron chi connectivity index (χ0n) is 18.9. The first-order valence-electron chi connectivity index (χ1n) is 11.6. The van der Waals surface area contributed by atoms with E-state index in [1.807, 2.05) is 72.4 Å². The molecule has 8 nitrogen and oxygen atoms in total. The third-order valence-electron chi connectivity index (χ3n) is 6.79. The van der Waals surface area contributed by atoms with E-state index in [9.17, 15) is 9.90 Å². The van der Waals surface area contributed by atoms with Crippen molar-refractivity contribution in [2.24, 2.45) is 0 Å². The number of carbonyl (C=O) groups excluding carboxylic acids is 1. The molecular formula is C26H26N6O2. The molecule has 1 atom stereocenters. The van der Waals surface area contributed by atoms with Crippen molar-refractivity contribution in [3.05, 3.63) is 72.2 Å². The number of aliphatic hydroxyl groups is 1. The summed E-state index contributed by atoms with van der Waals surface area (Å²) < 4.78 is 2.04. The Labute approximate surface area is 197 Å². The van der Waals surface area contributed by atoms with Crippen molar-refractivity contribution in [3.63, 3.8) is 0 Å². The molecule has 1 saturated heterocycles. The standard InChI is InChI=1S/C26H26N6O2/c1-16-24-19(21-15-28-23-4-2-3-11-32(21)23)6-7-20(25(24)26(34)29-16)30-22-8-5-17(14-27-22)31-12-9-18(33)10-13-31/h2-8,11,14-16,18,33H,9-10,12-13H2,1H3,(H,27,30)(H,29,34)/t16-/m0/s1. The molecule has 2 aliphatic rings. The van der Waals surface area contributed by atoms with Gasteiger partial charge in [-0.25, -0.2) is 9.97 Å². The first kappa shape index (κ1) is 20.7. The molecule has 0 saturated carbocycles. The maximum absolute atomic E-state index is 12.9. The van der Waals surface area contributed by atoms with Crippen molar-refractivity contribution in [2.75, 3.05) is 23.3 Å². The highest BCUT2D eigenvalue weighted by molar-refractivity contribution is 6.06. The predicted octanol–water partition coefficient (Wildman–Crippen LogP) is 3.91. The normalized spacial score (nSPS) is 18.2. The topological polar surface area (TPSA) is 94.8 Å². The van der Waals surface area contributed by atoms with Crippen LogP contribution in [0.5, 0.6) is 0 Å². The number of hydrogen-bond donors (Lipinski definition) is 3. The number of amides is 1. The number of fused-ring (bicyclic) bond motifs is 2. The Morgan fingerprint density at radius 2 is 1.91 bits per heavy atom. The van der Waals surface area contributed by atoms with Crippen molar-refractivity contribution in [1.29, 1.82) is 0 Å². The molecule has 3 aromatic heterocycles. The molecule has 1 aromatic carbocycles. The largest absolute Gasteiger partial charge is 0.393 e. The minimum absolute atomic E-state index is 0.0934. The summed E-state index contributed by atoms with van der Waals surface area (Å²) in [5, 5.41) is 16.1. The van der Waals surface area contributed by atoms with E-state index < -0.39 is 0 Å². The van der Waals surface area contributed by atoms with E-state index in [0.717, 1.165) is 59.8 Å². The number of carbonyl (C=O) groups is 1. The molecule has 6 rings (SSSR count). The lowest BCUT2D eigenvalue weighted by Crippen LogP contribution is -2.35. The molecule has 0 aliphatic carbocycles. The fourth-order valence-electron chi connectivity index (χ4n) is 5.02. The van der Waals surface area contributed by atoms with Gasteiger partial charge in [-0.2, -0.15) is 0 Å². The molecule has 172 valence electrons. The Morgan fingerprint density at radius 3 is 2.71 bits per heavy atom. The number of imidazole rings is 1. The van der Waals surface area contributed by atoms with Gasteiger partial charge in [0.15, 0.2) is 0 Å². The lowest BCUT2D eigenvalue weighted by atomic mass is 9.95. The monoisotopic (exact) mass is 454 g/mol. The summed E-state index contributed by atoms with van der Waals surface area (Å²) in [7, 11) is 0. The Bertz CT molecular complexity index is 1370. The first-order valence-corrected chi connectivity index (χ1v) is 11.6. The number of hydrogen-bond acceptors (Lipinski definition) is 6. The van der Waals surface area contributed by atoms with Crippen LogP contribution in [0, 0.1) is 0 Å².